The first-order valence-electron chi connectivity index (χ1n) is 10.4. The Morgan fingerprint density at radius 2 is 1.86 bits per heavy atom. The van der Waals surface area contributed by atoms with Crippen molar-refractivity contribution in [3.63, 3.8) is 0 Å². The summed E-state index contributed by atoms with van der Waals surface area (Å²) < 4.78 is 5.59. The SMILES string of the molecule is CC(C)OCc1ccc(CNC(=O)CN2C(C(=O)O)CC3CCCCC32)cc1. The van der Waals surface area contributed by atoms with Crippen LogP contribution in [0.5, 0.6) is 0 Å². The Morgan fingerprint density at radius 1 is 1.18 bits per heavy atom. The summed E-state index contributed by atoms with van der Waals surface area (Å²) in [7, 11) is 0. The number of hydrogen-bond donors (Lipinski definition) is 2. The highest BCUT2D eigenvalue weighted by molar-refractivity contribution is 5.80. The van der Waals surface area contributed by atoms with E-state index in [2.05, 4.69) is 5.32 Å². The Kier molecular flexibility index (Phi) is 7.08. The van der Waals surface area contributed by atoms with Crippen molar-refractivity contribution in [3.8, 4) is 0 Å². The average molecular weight is 389 g/mol. The number of benzene rings is 1. The minimum atomic E-state index is -0.804. The van der Waals surface area contributed by atoms with Gasteiger partial charge in [-0.15, -0.1) is 0 Å². The largest absolute Gasteiger partial charge is 0.480 e. The normalized spacial score (nSPS) is 24.9. The molecule has 0 spiro atoms. The first-order valence-corrected chi connectivity index (χ1v) is 10.4. The smallest absolute Gasteiger partial charge is 0.320 e. The van der Waals surface area contributed by atoms with Crippen LogP contribution in [0.4, 0.5) is 0 Å². The number of likely N-dealkylation sites (tertiary alicyclic amines) is 1. The number of carbonyl (C=O) groups excluding carboxylic acids is 1. The van der Waals surface area contributed by atoms with Gasteiger partial charge in [-0.05, 0) is 50.2 Å². The number of nitrogens with one attached hydrogen (secondary N) is 1. The monoisotopic (exact) mass is 388 g/mol. The fraction of sp³-hybridized carbons (Fsp3) is 0.636. The lowest BCUT2D eigenvalue weighted by Gasteiger charge is -2.32. The third-order valence-electron chi connectivity index (χ3n) is 5.93. The van der Waals surface area contributed by atoms with Crippen molar-refractivity contribution in [2.45, 2.75) is 77.3 Å². The van der Waals surface area contributed by atoms with Gasteiger partial charge in [-0.3, -0.25) is 14.5 Å². The molecular formula is C22H32N2O4. The van der Waals surface area contributed by atoms with E-state index in [4.69, 9.17) is 4.74 Å². The van der Waals surface area contributed by atoms with Gasteiger partial charge in [0.15, 0.2) is 0 Å². The van der Waals surface area contributed by atoms with Crippen molar-refractivity contribution in [3.05, 3.63) is 35.4 Å². The first-order chi connectivity index (χ1) is 13.4. The molecule has 1 saturated heterocycles. The van der Waals surface area contributed by atoms with Gasteiger partial charge >= 0.3 is 5.97 Å². The molecule has 1 aliphatic carbocycles. The Bertz CT molecular complexity index is 674. The number of rotatable bonds is 8. The van der Waals surface area contributed by atoms with Crippen LogP contribution in [-0.2, 0) is 27.5 Å². The van der Waals surface area contributed by atoms with Crippen molar-refractivity contribution < 1.29 is 19.4 Å². The maximum absolute atomic E-state index is 12.5. The number of hydrogen-bond acceptors (Lipinski definition) is 4. The van der Waals surface area contributed by atoms with E-state index >= 15 is 0 Å². The fourth-order valence-electron chi connectivity index (χ4n) is 4.46. The highest BCUT2D eigenvalue weighted by atomic mass is 16.5. The van der Waals surface area contributed by atoms with E-state index in [0.29, 0.717) is 25.5 Å². The Balaban J connectivity index is 1.51. The van der Waals surface area contributed by atoms with Gasteiger partial charge in [0.05, 0.1) is 19.3 Å². The second kappa shape index (κ2) is 9.52. The lowest BCUT2D eigenvalue weighted by molar-refractivity contribution is -0.143. The number of aliphatic carboxylic acids is 1. The van der Waals surface area contributed by atoms with Crippen molar-refractivity contribution in [2.75, 3.05) is 6.54 Å². The molecule has 3 unspecified atom stereocenters. The van der Waals surface area contributed by atoms with E-state index in [1.54, 1.807) is 0 Å². The lowest BCUT2D eigenvalue weighted by Crippen LogP contribution is -2.47. The summed E-state index contributed by atoms with van der Waals surface area (Å²) in [6.45, 7) is 5.21. The van der Waals surface area contributed by atoms with Crippen LogP contribution in [-0.4, -0.2) is 46.6 Å². The minimum absolute atomic E-state index is 0.107. The Labute approximate surface area is 167 Å². The Hall–Kier alpha value is -1.92. The summed E-state index contributed by atoms with van der Waals surface area (Å²) in [6.07, 6.45) is 5.25. The first kappa shape index (κ1) is 20.8. The van der Waals surface area contributed by atoms with Gasteiger partial charge in [-0.1, -0.05) is 37.1 Å². The molecule has 0 radical (unpaired) electrons. The van der Waals surface area contributed by atoms with Gasteiger partial charge in [-0.25, -0.2) is 0 Å². The molecule has 1 heterocycles. The standard InChI is InChI=1S/C22H32N2O4/c1-15(2)28-14-17-9-7-16(8-10-17)12-23-21(25)13-24-19-6-4-3-5-18(19)11-20(24)22(26)27/h7-10,15,18-20H,3-6,11-14H2,1-2H3,(H,23,25)(H,26,27). The molecule has 1 amide bonds. The van der Waals surface area contributed by atoms with E-state index in [-0.39, 0.29) is 24.6 Å². The predicted molar refractivity (Wildman–Crippen MR) is 107 cm³/mol. The van der Waals surface area contributed by atoms with Crippen molar-refractivity contribution in [1.82, 2.24) is 10.2 Å². The number of carboxylic acids is 1. The number of nitrogens with zero attached hydrogens (tertiary/aromatic N) is 1. The zero-order valence-electron chi connectivity index (χ0n) is 16.9. The van der Waals surface area contributed by atoms with Crippen LogP contribution in [0.2, 0.25) is 0 Å². The summed E-state index contributed by atoms with van der Waals surface area (Å²) in [5, 5.41) is 12.5. The van der Waals surface area contributed by atoms with E-state index in [0.717, 1.165) is 30.4 Å². The predicted octanol–water partition coefficient (Wildman–Crippen LogP) is 2.95. The van der Waals surface area contributed by atoms with Crippen LogP contribution in [0.1, 0.15) is 57.1 Å². The van der Waals surface area contributed by atoms with Crippen molar-refractivity contribution in [1.29, 1.82) is 0 Å². The van der Waals surface area contributed by atoms with Gasteiger partial charge in [0.25, 0.3) is 0 Å². The third-order valence-corrected chi connectivity index (χ3v) is 5.93. The molecular weight excluding hydrogens is 356 g/mol. The molecule has 3 atom stereocenters. The quantitative estimate of drug-likeness (QED) is 0.716. The molecule has 1 aromatic rings. The summed E-state index contributed by atoms with van der Waals surface area (Å²) >= 11 is 0. The molecule has 6 nitrogen and oxygen atoms in total. The van der Waals surface area contributed by atoms with Crippen LogP contribution < -0.4 is 5.32 Å². The zero-order chi connectivity index (χ0) is 20.1. The summed E-state index contributed by atoms with van der Waals surface area (Å²) in [4.78, 5) is 26.1. The topological polar surface area (TPSA) is 78.9 Å². The average Bonchev–Trinajstić information content (AvgIpc) is 3.04. The second-order valence-corrected chi connectivity index (χ2v) is 8.33. The number of carboxylic acid groups (broad SMARTS) is 1. The Morgan fingerprint density at radius 3 is 2.54 bits per heavy atom. The van der Waals surface area contributed by atoms with E-state index < -0.39 is 12.0 Å². The number of ether oxygens (including phenoxy) is 1. The van der Waals surface area contributed by atoms with E-state index in [1.807, 2.05) is 43.0 Å². The summed E-state index contributed by atoms with van der Waals surface area (Å²) in [5.41, 5.74) is 2.13. The van der Waals surface area contributed by atoms with E-state index in [9.17, 15) is 14.7 Å². The highest BCUT2D eigenvalue weighted by Gasteiger charge is 2.45. The highest BCUT2D eigenvalue weighted by Crippen LogP contribution is 2.39. The molecule has 0 aromatic heterocycles. The molecule has 1 aromatic carbocycles. The molecule has 2 aliphatic rings. The third kappa shape index (κ3) is 5.32. The van der Waals surface area contributed by atoms with Gasteiger partial charge in [0, 0.05) is 12.6 Å². The summed E-state index contributed by atoms with van der Waals surface area (Å²) in [6, 6.07) is 7.72. The molecule has 154 valence electrons. The van der Waals surface area contributed by atoms with Crippen LogP contribution in [0, 0.1) is 5.92 Å². The van der Waals surface area contributed by atoms with Gasteiger partial charge < -0.3 is 15.2 Å². The van der Waals surface area contributed by atoms with Gasteiger partial charge in [0.2, 0.25) is 5.91 Å². The van der Waals surface area contributed by atoms with Crippen LogP contribution in [0.25, 0.3) is 0 Å². The van der Waals surface area contributed by atoms with Crippen molar-refractivity contribution in [2.24, 2.45) is 5.92 Å². The minimum Gasteiger partial charge on any atom is -0.480 e. The van der Waals surface area contributed by atoms with Gasteiger partial charge in [0.1, 0.15) is 6.04 Å². The van der Waals surface area contributed by atoms with Crippen LogP contribution in [0.3, 0.4) is 0 Å². The van der Waals surface area contributed by atoms with Gasteiger partial charge in [-0.2, -0.15) is 0 Å². The molecule has 6 heteroatoms. The van der Waals surface area contributed by atoms with Crippen molar-refractivity contribution >= 4 is 11.9 Å². The molecule has 1 saturated carbocycles. The number of amides is 1. The molecule has 3 rings (SSSR count). The molecule has 2 N–H and O–H groups in total. The maximum Gasteiger partial charge on any atom is 0.320 e. The lowest BCUT2D eigenvalue weighted by atomic mass is 9.85. The molecule has 0 bridgehead atoms. The maximum atomic E-state index is 12.5. The van der Waals surface area contributed by atoms with E-state index in [1.165, 1.54) is 6.42 Å². The van der Waals surface area contributed by atoms with Crippen LogP contribution in [0.15, 0.2) is 24.3 Å². The molecule has 2 fully saturated rings. The number of carbonyl (C=O) groups is 2. The van der Waals surface area contributed by atoms with Crippen LogP contribution >= 0.6 is 0 Å². The number of fused-ring (bicyclic) bond motifs is 1. The fourth-order valence-corrected chi connectivity index (χ4v) is 4.46. The zero-order valence-corrected chi connectivity index (χ0v) is 16.9. The molecule has 1 aliphatic heterocycles. The molecule has 28 heavy (non-hydrogen) atoms. The summed E-state index contributed by atoms with van der Waals surface area (Å²) in [5.74, 6) is -0.491. The second-order valence-electron chi connectivity index (χ2n) is 8.33.